The van der Waals surface area contributed by atoms with Crippen LogP contribution in [-0.2, 0) is 0 Å². The van der Waals surface area contributed by atoms with Gasteiger partial charge in [0.25, 0.3) is 0 Å². The van der Waals surface area contributed by atoms with Crippen molar-refractivity contribution in [3.05, 3.63) is 23.3 Å². The molecule has 2 nitrogen and oxygen atoms in total. The van der Waals surface area contributed by atoms with Crippen LogP contribution in [0.1, 0.15) is 24.0 Å². The highest BCUT2D eigenvalue weighted by molar-refractivity contribution is 5.51. The maximum atomic E-state index is 5.43. The van der Waals surface area contributed by atoms with E-state index in [1.165, 1.54) is 0 Å². The van der Waals surface area contributed by atoms with E-state index >= 15 is 0 Å². The largest absolute Gasteiger partial charge is 0.496 e. The number of methoxy groups -OCH3 is 2. The molecule has 1 unspecified atom stereocenters. The van der Waals surface area contributed by atoms with Crippen LogP contribution in [0.3, 0.4) is 0 Å². The van der Waals surface area contributed by atoms with Gasteiger partial charge in [-0.05, 0) is 31.5 Å². The molecule has 0 spiro atoms. The van der Waals surface area contributed by atoms with Crippen molar-refractivity contribution in [3.8, 4) is 23.8 Å². The second-order valence-corrected chi connectivity index (χ2v) is 3.47. The molecule has 0 aliphatic heterocycles. The van der Waals surface area contributed by atoms with Crippen molar-refractivity contribution < 1.29 is 9.47 Å². The molecule has 0 heterocycles. The van der Waals surface area contributed by atoms with Gasteiger partial charge in [0.15, 0.2) is 0 Å². The topological polar surface area (TPSA) is 18.5 Å². The lowest BCUT2D eigenvalue weighted by Crippen LogP contribution is -2.00. The first kappa shape index (κ1) is 11.5. The number of hydrogen-bond donors (Lipinski definition) is 0. The molecule has 0 aliphatic rings. The zero-order valence-electron chi connectivity index (χ0n) is 9.63. The molecule has 15 heavy (non-hydrogen) atoms. The number of aryl methyl sites for hydroxylation is 1. The van der Waals surface area contributed by atoms with Gasteiger partial charge in [0.05, 0.1) is 19.8 Å². The minimum absolute atomic E-state index is 0.0181. The van der Waals surface area contributed by atoms with Gasteiger partial charge in [0.1, 0.15) is 11.5 Å². The van der Waals surface area contributed by atoms with Gasteiger partial charge in [-0.2, -0.15) is 0 Å². The zero-order chi connectivity index (χ0) is 11.4. The molecule has 0 fully saturated rings. The molecule has 0 amide bonds. The molecule has 0 saturated carbocycles. The summed E-state index contributed by atoms with van der Waals surface area (Å²) in [4.78, 5) is 0. The molecule has 1 rings (SSSR count). The molecule has 1 aromatic carbocycles. The summed E-state index contributed by atoms with van der Waals surface area (Å²) < 4.78 is 10.6. The third kappa shape index (κ3) is 2.24. The van der Waals surface area contributed by atoms with Gasteiger partial charge in [0.2, 0.25) is 0 Å². The summed E-state index contributed by atoms with van der Waals surface area (Å²) >= 11 is 0. The summed E-state index contributed by atoms with van der Waals surface area (Å²) in [6.45, 7) is 3.95. The van der Waals surface area contributed by atoms with Crippen molar-refractivity contribution in [2.75, 3.05) is 14.2 Å². The highest BCUT2D eigenvalue weighted by Crippen LogP contribution is 2.35. The minimum atomic E-state index is -0.0181. The van der Waals surface area contributed by atoms with Crippen LogP contribution in [0.25, 0.3) is 0 Å². The molecule has 2 heteroatoms. The van der Waals surface area contributed by atoms with Gasteiger partial charge >= 0.3 is 0 Å². The first-order valence-corrected chi connectivity index (χ1v) is 4.82. The van der Waals surface area contributed by atoms with Gasteiger partial charge in [-0.1, -0.05) is 5.92 Å². The van der Waals surface area contributed by atoms with Crippen molar-refractivity contribution in [2.45, 2.75) is 19.8 Å². The summed E-state index contributed by atoms with van der Waals surface area (Å²) in [5, 5.41) is 0. The van der Waals surface area contributed by atoms with Gasteiger partial charge in [-0.15, -0.1) is 6.42 Å². The lowest BCUT2D eigenvalue weighted by molar-refractivity contribution is 0.383. The fourth-order valence-corrected chi connectivity index (χ4v) is 1.58. The monoisotopic (exact) mass is 204 g/mol. The molecule has 80 valence electrons. The maximum Gasteiger partial charge on any atom is 0.127 e. The highest BCUT2D eigenvalue weighted by Gasteiger charge is 2.15. The van der Waals surface area contributed by atoms with E-state index in [-0.39, 0.29) is 5.92 Å². The number of benzene rings is 1. The van der Waals surface area contributed by atoms with Crippen LogP contribution in [0.5, 0.6) is 11.5 Å². The normalized spacial score (nSPS) is 11.7. The molecular formula is C13H16O2. The quantitative estimate of drug-likeness (QED) is 0.705. The lowest BCUT2D eigenvalue weighted by atomic mass is 9.98. The van der Waals surface area contributed by atoms with Crippen LogP contribution in [0.4, 0.5) is 0 Å². The smallest absolute Gasteiger partial charge is 0.127 e. The molecule has 1 aromatic rings. The standard InChI is InChI=1S/C13H16O2/c1-6-10(3)13-11(14-4)7-9(2)8-12(13)15-5/h1,7-8,10H,2-5H3. The second kappa shape index (κ2) is 4.75. The van der Waals surface area contributed by atoms with E-state index in [4.69, 9.17) is 15.9 Å². The summed E-state index contributed by atoms with van der Waals surface area (Å²) in [7, 11) is 3.28. The Hall–Kier alpha value is -1.62. The van der Waals surface area contributed by atoms with Gasteiger partial charge in [-0.3, -0.25) is 0 Å². The van der Waals surface area contributed by atoms with Crippen molar-refractivity contribution in [3.63, 3.8) is 0 Å². The van der Waals surface area contributed by atoms with Gasteiger partial charge < -0.3 is 9.47 Å². The van der Waals surface area contributed by atoms with Gasteiger partial charge in [0, 0.05) is 5.92 Å². The van der Waals surface area contributed by atoms with Crippen molar-refractivity contribution >= 4 is 0 Å². The van der Waals surface area contributed by atoms with Crippen molar-refractivity contribution in [2.24, 2.45) is 0 Å². The number of ether oxygens (including phenoxy) is 2. The Morgan fingerprint density at radius 2 is 1.67 bits per heavy atom. The minimum Gasteiger partial charge on any atom is -0.496 e. The van der Waals surface area contributed by atoms with Crippen LogP contribution in [0.2, 0.25) is 0 Å². The Morgan fingerprint density at radius 3 is 2.00 bits per heavy atom. The number of rotatable bonds is 3. The maximum absolute atomic E-state index is 5.43. The number of terminal acetylenes is 1. The van der Waals surface area contributed by atoms with Crippen LogP contribution in [0, 0.1) is 19.3 Å². The van der Waals surface area contributed by atoms with E-state index in [0.717, 1.165) is 22.6 Å². The van der Waals surface area contributed by atoms with E-state index in [1.807, 2.05) is 26.0 Å². The third-order valence-corrected chi connectivity index (χ3v) is 2.37. The molecule has 0 radical (unpaired) electrons. The van der Waals surface area contributed by atoms with E-state index < -0.39 is 0 Å². The van der Waals surface area contributed by atoms with E-state index in [1.54, 1.807) is 14.2 Å². The molecular weight excluding hydrogens is 188 g/mol. The predicted octanol–water partition coefficient (Wildman–Crippen LogP) is 2.75. The fraction of sp³-hybridized carbons (Fsp3) is 0.385. The van der Waals surface area contributed by atoms with Crippen LogP contribution < -0.4 is 9.47 Å². The average molecular weight is 204 g/mol. The lowest BCUT2D eigenvalue weighted by Gasteiger charge is -2.16. The molecule has 0 saturated heterocycles. The Kier molecular flexibility index (Phi) is 3.62. The number of hydrogen-bond acceptors (Lipinski definition) is 2. The van der Waals surface area contributed by atoms with E-state index in [2.05, 4.69) is 5.92 Å². The predicted molar refractivity (Wildman–Crippen MR) is 61.5 cm³/mol. The molecule has 0 aliphatic carbocycles. The summed E-state index contributed by atoms with van der Waals surface area (Å²) in [5.41, 5.74) is 2.03. The van der Waals surface area contributed by atoms with Crippen LogP contribution in [0.15, 0.2) is 12.1 Å². The summed E-state index contributed by atoms with van der Waals surface area (Å²) in [6.07, 6.45) is 5.43. The Morgan fingerprint density at radius 1 is 1.20 bits per heavy atom. The Bertz CT molecular complexity index is 363. The molecule has 0 aromatic heterocycles. The summed E-state index contributed by atoms with van der Waals surface area (Å²) in [5.74, 6) is 4.25. The van der Waals surface area contributed by atoms with E-state index in [0.29, 0.717) is 0 Å². The zero-order valence-corrected chi connectivity index (χ0v) is 9.63. The second-order valence-electron chi connectivity index (χ2n) is 3.47. The fourth-order valence-electron chi connectivity index (χ4n) is 1.58. The van der Waals surface area contributed by atoms with Crippen molar-refractivity contribution in [1.29, 1.82) is 0 Å². The molecule has 0 N–H and O–H groups in total. The van der Waals surface area contributed by atoms with E-state index in [9.17, 15) is 0 Å². The molecule has 0 bridgehead atoms. The Balaban J connectivity index is 3.38. The first-order valence-electron chi connectivity index (χ1n) is 4.82. The SMILES string of the molecule is C#CC(C)c1c(OC)cc(C)cc1OC. The van der Waals surface area contributed by atoms with Gasteiger partial charge in [-0.25, -0.2) is 0 Å². The highest BCUT2D eigenvalue weighted by atomic mass is 16.5. The van der Waals surface area contributed by atoms with Crippen LogP contribution >= 0.6 is 0 Å². The van der Waals surface area contributed by atoms with Crippen LogP contribution in [-0.4, -0.2) is 14.2 Å². The first-order chi connectivity index (χ1) is 7.13. The third-order valence-electron chi connectivity index (χ3n) is 2.37. The molecule has 1 atom stereocenters. The summed E-state index contributed by atoms with van der Waals surface area (Å²) in [6, 6.07) is 3.93. The average Bonchev–Trinajstić information content (AvgIpc) is 2.26. The van der Waals surface area contributed by atoms with Crippen molar-refractivity contribution in [1.82, 2.24) is 0 Å². The Labute approximate surface area is 91.2 Å².